The molecule has 0 saturated carbocycles. The van der Waals surface area contributed by atoms with E-state index in [-0.39, 0.29) is 0 Å². The van der Waals surface area contributed by atoms with Crippen LogP contribution in [0.25, 0.3) is 22.2 Å². The van der Waals surface area contributed by atoms with Crippen molar-refractivity contribution >= 4 is 11.0 Å². The number of benzene rings is 1. The zero-order valence-electron chi connectivity index (χ0n) is 10.6. The summed E-state index contributed by atoms with van der Waals surface area (Å²) in [5.41, 5.74) is 12.6. The van der Waals surface area contributed by atoms with Crippen LogP contribution in [0.3, 0.4) is 0 Å². The second-order valence-electron chi connectivity index (χ2n) is 4.93. The average molecular weight is 253 g/mol. The molecule has 0 bridgehead atoms. The van der Waals surface area contributed by atoms with Crippen molar-refractivity contribution in [2.75, 3.05) is 0 Å². The quantitative estimate of drug-likeness (QED) is 0.731. The normalized spacial score (nSPS) is 14.2. The van der Waals surface area contributed by atoms with Crippen LogP contribution in [-0.2, 0) is 19.5 Å². The Balaban J connectivity index is 1.95. The van der Waals surface area contributed by atoms with Gasteiger partial charge in [-0.25, -0.2) is 4.98 Å². The number of nitrogens with zero attached hydrogens (tertiary/aromatic N) is 3. The van der Waals surface area contributed by atoms with Crippen molar-refractivity contribution in [3.8, 4) is 11.1 Å². The number of nitrogens with two attached hydrogens (primary N) is 1. The van der Waals surface area contributed by atoms with E-state index in [2.05, 4.69) is 31.9 Å². The maximum absolute atomic E-state index is 5.85. The first kappa shape index (κ1) is 10.8. The summed E-state index contributed by atoms with van der Waals surface area (Å²) in [7, 11) is 0. The molecule has 1 aromatic carbocycles. The number of nitrogens with one attached hydrogen (secondary N) is 1. The molecule has 5 heteroatoms. The summed E-state index contributed by atoms with van der Waals surface area (Å²) in [4.78, 5) is 7.41. The van der Waals surface area contributed by atoms with Gasteiger partial charge in [-0.15, -0.1) is 0 Å². The zero-order valence-corrected chi connectivity index (χ0v) is 10.6. The highest BCUT2D eigenvalue weighted by molar-refractivity contribution is 5.83. The average Bonchev–Trinajstić information content (AvgIpc) is 3.11. The molecule has 5 nitrogen and oxygen atoms in total. The van der Waals surface area contributed by atoms with Crippen LogP contribution in [0, 0.1) is 0 Å². The molecule has 0 fully saturated rings. The predicted molar refractivity (Wildman–Crippen MR) is 73.5 cm³/mol. The number of aromatic amines is 1. The van der Waals surface area contributed by atoms with Gasteiger partial charge in [0.1, 0.15) is 0 Å². The monoisotopic (exact) mass is 253 g/mol. The first-order valence-electron chi connectivity index (χ1n) is 6.59. The summed E-state index contributed by atoms with van der Waals surface area (Å²) in [5, 5.41) is 4.62. The highest BCUT2D eigenvalue weighted by Gasteiger charge is 2.22. The molecule has 1 aliphatic rings. The smallest absolute Gasteiger partial charge is 0.0931 e. The molecule has 0 aliphatic carbocycles. The number of aryl methyl sites for hydroxylation is 1. The summed E-state index contributed by atoms with van der Waals surface area (Å²) in [6.45, 7) is 1.49. The summed E-state index contributed by atoms with van der Waals surface area (Å²) in [6.07, 6.45) is 3.98. The zero-order chi connectivity index (χ0) is 12.8. The van der Waals surface area contributed by atoms with Crippen LogP contribution in [0.15, 0.2) is 24.5 Å². The van der Waals surface area contributed by atoms with Gasteiger partial charge in [-0.2, -0.15) is 5.10 Å². The standard InChI is InChI=1S/C14H15N5/c15-7-12-14(13-2-1-5-19(13)18-12)9-3-4-10-11(6-9)17-8-16-10/h3-4,6,8H,1-2,5,7,15H2,(H,16,17). The van der Waals surface area contributed by atoms with E-state index in [1.807, 2.05) is 6.07 Å². The number of imidazole rings is 1. The fourth-order valence-electron chi connectivity index (χ4n) is 2.95. The molecule has 4 rings (SSSR count). The van der Waals surface area contributed by atoms with E-state index in [0.717, 1.165) is 29.7 Å². The molecule has 0 spiro atoms. The lowest BCUT2D eigenvalue weighted by Gasteiger charge is -2.04. The molecule has 96 valence electrons. The lowest BCUT2D eigenvalue weighted by molar-refractivity contribution is 0.644. The van der Waals surface area contributed by atoms with Gasteiger partial charge in [-0.3, -0.25) is 4.68 Å². The molecule has 1 aliphatic heterocycles. The number of aromatic nitrogens is 4. The van der Waals surface area contributed by atoms with Gasteiger partial charge in [-0.05, 0) is 30.5 Å². The van der Waals surface area contributed by atoms with Crippen molar-refractivity contribution in [3.63, 3.8) is 0 Å². The fourth-order valence-corrected chi connectivity index (χ4v) is 2.95. The van der Waals surface area contributed by atoms with E-state index in [0.29, 0.717) is 6.54 Å². The predicted octanol–water partition coefficient (Wildman–Crippen LogP) is 1.83. The Labute approximate surface area is 110 Å². The van der Waals surface area contributed by atoms with E-state index >= 15 is 0 Å². The summed E-state index contributed by atoms with van der Waals surface area (Å²) < 4.78 is 2.11. The molecule has 0 unspecified atom stereocenters. The van der Waals surface area contributed by atoms with Crippen LogP contribution in [0.5, 0.6) is 0 Å². The highest BCUT2D eigenvalue weighted by atomic mass is 15.3. The Kier molecular flexibility index (Phi) is 2.22. The highest BCUT2D eigenvalue weighted by Crippen LogP contribution is 2.32. The van der Waals surface area contributed by atoms with Gasteiger partial charge >= 0.3 is 0 Å². The second kappa shape index (κ2) is 3.93. The van der Waals surface area contributed by atoms with Crippen LogP contribution >= 0.6 is 0 Å². The largest absolute Gasteiger partial charge is 0.345 e. The molecule has 2 aromatic heterocycles. The van der Waals surface area contributed by atoms with Crippen LogP contribution < -0.4 is 5.73 Å². The number of H-pyrrole nitrogens is 1. The third kappa shape index (κ3) is 1.51. The molecule has 3 N–H and O–H groups in total. The van der Waals surface area contributed by atoms with Crippen molar-refractivity contribution in [3.05, 3.63) is 35.9 Å². The van der Waals surface area contributed by atoms with Crippen LogP contribution in [0.2, 0.25) is 0 Å². The maximum atomic E-state index is 5.85. The summed E-state index contributed by atoms with van der Waals surface area (Å²) >= 11 is 0. The van der Waals surface area contributed by atoms with Gasteiger partial charge in [0.2, 0.25) is 0 Å². The first-order chi connectivity index (χ1) is 9.36. The number of rotatable bonds is 2. The van der Waals surface area contributed by atoms with Gasteiger partial charge in [0.05, 0.1) is 23.1 Å². The van der Waals surface area contributed by atoms with Gasteiger partial charge in [0.15, 0.2) is 0 Å². The Hall–Kier alpha value is -2.14. The summed E-state index contributed by atoms with van der Waals surface area (Å²) in [6, 6.07) is 6.29. The van der Waals surface area contributed by atoms with E-state index < -0.39 is 0 Å². The van der Waals surface area contributed by atoms with E-state index in [4.69, 9.17) is 5.73 Å². The molecule has 0 amide bonds. The number of fused-ring (bicyclic) bond motifs is 2. The lowest BCUT2D eigenvalue weighted by Crippen LogP contribution is -2.01. The molecule has 19 heavy (non-hydrogen) atoms. The van der Waals surface area contributed by atoms with Crippen molar-refractivity contribution < 1.29 is 0 Å². The second-order valence-corrected chi connectivity index (χ2v) is 4.93. The first-order valence-corrected chi connectivity index (χ1v) is 6.59. The van der Waals surface area contributed by atoms with E-state index in [9.17, 15) is 0 Å². The van der Waals surface area contributed by atoms with Crippen LogP contribution in [0.4, 0.5) is 0 Å². The van der Waals surface area contributed by atoms with E-state index in [1.165, 1.54) is 23.2 Å². The molecule has 0 atom stereocenters. The van der Waals surface area contributed by atoms with E-state index in [1.54, 1.807) is 6.33 Å². The van der Waals surface area contributed by atoms with Gasteiger partial charge < -0.3 is 10.7 Å². The molecular weight excluding hydrogens is 238 g/mol. The number of hydrogen-bond donors (Lipinski definition) is 2. The maximum Gasteiger partial charge on any atom is 0.0931 e. The number of hydrogen-bond acceptors (Lipinski definition) is 3. The minimum absolute atomic E-state index is 0.482. The molecular formula is C14H15N5. The Morgan fingerprint density at radius 1 is 1.37 bits per heavy atom. The third-order valence-corrected chi connectivity index (χ3v) is 3.82. The van der Waals surface area contributed by atoms with Crippen LogP contribution in [-0.4, -0.2) is 19.7 Å². The van der Waals surface area contributed by atoms with Crippen molar-refractivity contribution in [2.24, 2.45) is 5.73 Å². The van der Waals surface area contributed by atoms with Gasteiger partial charge in [0, 0.05) is 24.3 Å². The minimum Gasteiger partial charge on any atom is -0.345 e. The topological polar surface area (TPSA) is 72.5 Å². The van der Waals surface area contributed by atoms with Crippen molar-refractivity contribution in [1.29, 1.82) is 0 Å². The van der Waals surface area contributed by atoms with Crippen LogP contribution in [0.1, 0.15) is 17.8 Å². The molecule has 0 saturated heterocycles. The van der Waals surface area contributed by atoms with Crippen molar-refractivity contribution in [2.45, 2.75) is 25.9 Å². The third-order valence-electron chi connectivity index (χ3n) is 3.82. The SMILES string of the molecule is NCc1nn2c(c1-c1ccc3nc[nH]c3c1)CCC2. The Morgan fingerprint density at radius 3 is 3.21 bits per heavy atom. The van der Waals surface area contributed by atoms with Crippen molar-refractivity contribution in [1.82, 2.24) is 19.7 Å². The summed E-state index contributed by atoms with van der Waals surface area (Å²) in [5.74, 6) is 0. The van der Waals surface area contributed by atoms with Gasteiger partial charge in [-0.1, -0.05) is 6.07 Å². The lowest BCUT2D eigenvalue weighted by atomic mass is 10.0. The molecule has 0 radical (unpaired) electrons. The van der Waals surface area contributed by atoms with Gasteiger partial charge in [0.25, 0.3) is 0 Å². The fraction of sp³-hybridized carbons (Fsp3) is 0.286. The molecule has 3 heterocycles. The minimum atomic E-state index is 0.482. The molecule has 3 aromatic rings. The Bertz CT molecular complexity index is 752. The Morgan fingerprint density at radius 2 is 2.32 bits per heavy atom.